The number of amides is 1. The van der Waals surface area contributed by atoms with E-state index in [0.717, 1.165) is 17.0 Å². The van der Waals surface area contributed by atoms with Crippen LogP contribution in [0.2, 0.25) is 0 Å². The molecular weight excluding hydrogens is 328 g/mol. The van der Waals surface area contributed by atoms with Gasteiger partial charge in [0.05, 0.1) is 18.4 Å². The number of methoxy groups -OCH3 is 1. The second kappa shape index (κ2) is 7.98. The molecule has 0 heterocycles. The molecule has 0 radical (unpaired) electrons. The second-order valence-electron chi connectivity index (χ2n) is 5.55. The number of anilines is 1. The Bertz CT molecular complexity index is 917. The summed E-state index contributed by atoms with van der Waals surface area (Å²) in [6.45, 7) is 0. The highest BCUT2D eigenvalue weighted by atomic mass is 16.5. The Balaban J connectivity index is 1.65. The third-order valence-electron chi connectivity index (χ3n) is 3.75. The van der Waals surface area contributed by atoms with Crippen LogP contribution < -0.4 is 10.1 Å². The quantitative estimate of drug-likeness (QED) is 0.673. The maximum atomic E-state index is 12.2. The van der Waals surface area contributed by atoms with E-state index < -0.39 is 0 Å². The molecule has 0 aliphatic rings. The van der Waals surface area contributed by atoms with Crippen LogP contribution in [0.5, 0.6) is 11.5 Å². The number of hydrogen-bond acceptors (Lipinski definition) is 4. The molecule has 1 amide bonds. The maximum absolute atomic E-state index is 12.2. The average Bonchev–Trinajstić information content (AvgIpc) is 2.68. The summed E-state index contributed by atoms with van der Waals surface area (Å²) in [4.78, 5) is 16.6. The predicted molar refractivity (Wildman–Crippen MR) is 103 cm³/mol. The third-order valence-corrected chi connectivity index (χ3v) is 3.75. The van der Waals surface area contributed by atoms with Crippen LogP contribution in [-0.2, 0) is 0 Å². The van der Waals surface area contributed by atoms with Gasteiger partial charge >= 0.3 is 0 Å². The summed E-state index contributed by atoms with van der Waals surface area (Å²) in [5.41, 5.74) is 2.58. The lowest BCUT2D eigenvalue weighted by Crippen LogP contribution is -2.11. The van der Waals surface area contributed by atoms with E-state index in [1.165, 1.54) is 6.07 Å². The second-order valence-corrected chi connectivity index (χ2v) is 5.55. The normalized spacial score (nSPS) is 10.7. The standard InChI is InChI=1S/C21H18N2O3/c1-26-18-12-6-15(7-13-18)14-22-16-8-10-17(11-9-16)23-21(25)19-4-2-3-5-20(19)24/h2-14,24H,1H3,(H,23,25). The molecule has 0 saturated carbocycles. The lowest BCUT2D eigenvalue weighted by atomic mass is 10.2. The lowest BCUT2D eigenvalue weighted by Gasteiger charge is -2.06. The molecule has 0 atom stereocenters. The van der Waals surface area contributed by atoms with Crippen molar-refractivity contribution >= 4 is 23.5 Å². The van der Waals surface area contributed by atoms with Gasteiger partial charge < -0.3 is 15.2 Å². The van der Waals surface area contributed by atoms with Crippen LogP contribution in [0.25, 0.3) is 0 Å². The Morgan fingerprint density at radius 3 is 2.35 bits per heavy atom. The van der Waals surface area contributed by atoms with Crippen molar-refractivity contribution in [1.29, 1.82) is 0 Å². The van der Waals surface area contributed by atoms with Crippen LogP contribution in [0.15, 0.2) is 77.8 Å². The minimum absolute atomic E-state index is 0.0503. The van der Waals surface area contributed by atoms with Gasteiger partial charge in [-0.25, -0.2) is 0 Å². The summed E-state index contributed by atoms with van der Waals surface area (Å²) in [7, 11) is 1.63. The number of phenols is 1. The summed E-state index contributed by atoms with van der Waals surface area (Å²) in [6, 6.07) is 21.1. The van der Waals surface area contributed by atoms with Crippen molar-refractivity contribution in [3.8, 4) is 11.5 Å². The number of aliphatic imine (C=N–C) groups is 1. The van der Waals surface area contributed by atoms with Crippen molar-refractivity contribution in [3.63, 3.8) is 0 Å². The molecule has 5 heteroatoms. The van der Waals surface area contributed by atoms with Crippen LogP contribution in [0.3, 0.4) is 0 Å². The fraction of sp³-hybridized carbons (Fsp3) is 0.0476. The zero-order chi connectivity index (χ0) is 18.4. The van der Waals surface area contributed by atoms with Crippen molar-refractivity contribution < 1.29 is 14.6 Å². The monoisotopic (exact) mass is 346 g/mol. The first-order chi connectivity index (χ1) is 12.7. The predicted octanol–water partition coefficient (Wildman–Crippen LogP) is 4.40. The van der Waals surface area contributed by atoms with Gasteiger partial charge in [-0.1, -0.05) is 12.1 Å². The number of rotatable bonds is 5. The molecule has 2 N–H and O–H groups in total. The largest absolute Gasteiger partial charge is 0.507 e. The summed E-state index contributed by atoms with van der Waals surface area (Å²) >= 11 is 0. The Kier molecular flexibility index (Phi) is 5.29. The van der Waals surface area contributed by atoms with Crippen LogP contribution in [0, 0.1) is 0 Å². The Labute approximate surface area is 151 Å². The molecule has 3 aromatic carbocycles. The highest BCUT2D eigenvalue weighted by Gasteiger charge is 2.10. The summed E-state index contributed by atoms with van der Waals surface area (Å²) in [5, 5.41) is 12.5. The van der Waals surface area contributed by atoms with Crippen LogP contribution in [0.1, 0.15) is 15.9 Å². The van der Waals surface area contributed by atoms with E-state index in [0.29, 0.717) is 5.69 Å². The lowest BCUT2D eigenvalue weighted by molar-refractivity contribution is 0.102. The van der Waals surface area contributed by atoms with E-state index in [-0.39, 0.29) is 17.2 Å². The third kappa shape index (κ3) is 4.27. The van der Waals surface area contributed by atoms with Crippen molar-refractivity contribution in [2.24, 2.45) is 4.99 Å². The van der Waals surface area contributed by atoms with E-state index in [9.17, 15) is 9.90 Å². The number of hydrogen-bond donors (Lipinski definition) is 2. The Hall–Kier alpha value is -3.60. The number of benzene rings is 3. The number of carbonyl (C=O) groups excluding carboxylic acids is 1. The van der Waals surface area contributed by atoms with Gasteiger partial charge in [0.25, 0.3) is 5.91 Å². The molecule has 5 nitrogen and oxygen atoms in total. The minimum atomic E-state index is -0.363. The number of nitrogens with zero attached hydrogens (tertiary/aromatic N) is 1. The van der Waals surface area contributed by atoms with Gasteiger partial charge in [0.1, 0.15) is 11.5 Å². The summed E-state index contributed by atoms with van der Waals surface area (Å²) in [6.07, 6.45) is 1.76. The van der Waals surface area contributed by atoms with Gasteiger partial charge in [0, 0.05) is 11.9 Å². The maximum Gasteiger partial charge on any atom is 0.259 e. The van der Waals surface area contributed by atoms with Gasteiger partial charge in [-0.3, -0.25) is 9.79 Å². The van der Waals surface area contributed by atoms with Crippen molar-refractivity contribution in [2.75, 3.05) is 12.4 Å². The fourth-order valence-corrected chi connectivity index (χ4v) is 2.33. The van der Waals surface area contributed by atoms with E-state index in [4.69, 9.17) is 4.74 Å². The number of ether oxygens (including phenoxy) is 1. The molecule has 0 aliphatic carbocycles. The van der Waals surface area contributed by atoms with Crippen LogP contribution in [-0.4, -0.2) is 24.3 Å². The van der Waals surface area contributed by atoms with Gasteiger partial charge in [-0.05, 0) is 66.2 Å². The topological polar surface area (TPSA) is 70.9 Å². The van der Waals surface area contributed by atoms with Crippen molar-refractivity contribution in [2.45, 2.75) is 0 Å². The van der Waals surface area contributed by atoms with Gasteiger partial charge in [-0.15, -0.1) is 0 Å². The summed E-state index contributed by atoms with van der Waals surface area (Å²) in [5.74, 6) is 0.384. The van der Waals surface area contributed by atoms with Crippen molar-refractivity contribution in [1.82, 2.24) is 0 Å². The fourth-order valence-electron chi connectivity index (χ4n) is 2.33. The highest BCUT2D eigenvalue weighted by Crippen LogP contribution is 2.20. The summed E-state index contributed by atoms with van der Waals surface area (Å²) < 4.78 is 5.12. The van der Waals surface area contributed by atoms with Gasteiger partial charge in [0.15, 0.2) is 0 Å². The molecule has 0 aromatic heterocycles. The van der Waals surface area contributed by atoms with Crippen molar-refractivity contribution in [3.05, 3.63) is 83.9 Å². The molecule has 3 aromatic rings. The molecule has 0 fully saturated rings. The van der Waals surface area contributed by atoms with E-state index in [2.05, 4.69) is 10.3 Å². The molecule has 0 saturated heterocycles. The van der Waals surface area contributed by atoms with Gasteiger partial charge in [0.2, 0.25) is 0 Å². The zero-order valence-electron chi connectivity index (χ0n) is 14.2. The Morgan fingerprint density at radius 1 is 1.00 bits per heavy atom. The van der Waals surface area contributed by atoms with Gasteiger partial charge in [-0.2, -0.15) is 0 Å². The average molecular weight is 346 g/mol. The first kappa shape index (κ1) is 17.2. The molecule has 0 spiro atoms. The number of carbonyl (C=O) groups is 1. The van der Waals surface area contributed by atoms with Crippen LogP contribution >= 0.6 is 0 Å². The zero-order valence-corrected chi connectivity index (χ0v) is 14.2. The first-order valence-electron chi connectivity index (χ1n) is 8.03. The van der Waals surface area contributed by atoms with E-state index in [1.807, 2.05) is 24.3 Å². The number of para-hydroxylation sites is 1. The number of phenolic OH excluding ortho intramolecular Hbond substituents is 1. The smallest absolute Gasteiger partial charge is 0.259 e. The first-order valence-corrected chi connectivity index (χ1v) is 8.03. The van der Waals surface area contributed by atoms with Crippen LogP contribution in [0.4, 0.5) is 11.4 Å². The molecular formula is C21H18N2O3. The molecule has 3 rings (SSSR count). The number of aromatic hydroxyl groups is 1. The molecule has 26 heavy (non-hydrogen) atoms. The highest BCUT2D eigenvalue weighted by molar-refractivity contribution is 6.06. The molecule has 0 bridgehead atoms. The Morgan fingerprint density at radius 2 is 1.69 bits per heavy atom. The van der Waals surface area contributed by atoms with E-state index >= 15 is 0 Å². The molecule has 0 unspecified atom stereocenters. The molecule has 130 valence electrons. The minimum Gasteiger partial charge on any atom is -0.507 e. The molecule has 0 aliphatic heterocycles. The SMILES string of the molecule is COc1ccc(C=Nc2ccc(NC(=O)c3ccccc3O)cc2)cc1. The number of nitrogens with one attached hydrogen (secondary N) is 1. The van der Waals surface area contributed by atoms with E-state index in [1.54, 1.807) is 55.8 Å².